The topological polar surface area (TPSA) is 9.23 Å². The first-order chi connectivity index (χ1) is 7.22. The number of benzene rings is 1. The van der Waals surface area contributed by atoms with Crippen molar-refractivity contribution < 1.29 is 4.74 Å². The summed E-state index contributed by atoms with van der Waals surface area (Å²) in [6.45, 7) is 4.36. The van der Waals surface area contributed by atoms with E-state index < -0.39 is 0 Å². The van der Waals surface area contributed by atoms with E-state index in [9.17, 15) is 0 Å². The zero-order valence-electron chi connectivity index (χ0n) is 9.57. The summed E-state index contributed by atoms with van der Waals surface area (Å²) in [6, 6.07) is 8.25. The van der Waals surface area contributed by atoms with Crippen LogP contribution in [0.4, 0.5) is 0 Å². The fourth-order valence-corrected chi connectivity index (χ4v) is 2.07. The first-order valence-corrected chi connectivity index (χ1v) is 5.79. The Labute approximate surface area is 97.5 Å². The minimum Gasteiger partial charge on any atom is -0.497 e. The van der Waals surface area contributed by atoms with Crippen LogP contribution in [0, 0.1) is 5.92 Å². The molecule has 2 atom stereocenters. The number of methoxy groups -OCH3 is 1. The highest BCUT2D eigenvalue weighted by Crippen LogP contribution is 2.29. The van der Waals surface area contributed by atoms with Crippen LogP contribution >= 0.6 is 12.2 Å². The molecular weight excluding hydrogens is 204 g/mol. The fraction of sp³-hybridized carbons (Fsp3) is 0.462. The van der Waals surface area contributed by atoms with Crippen LogP contribution in [-0.2, 0) is 0 Å². The molecule has 1 nitrogen and oxygen atoms in total. The Kier molecular flexibility index (Phi) is 4.76. The number of rotatable bonds is 5. The Balaban J connectivity index is 2.95. The summed E-state index contributed by atoms with van der Waals surface area (Å²) >= 11 is 5.02. The van der Waals surface area contributed by atoms with E-state index in [1.807, 2.05) is 17.5 Å². The highest BCUT2D eigenvalue weighted by Gasteiger charge is 2.15. The molecular formula is C13H18OS. The Hall–Kier alpha value is -0.890. The van der Waals surface area contributed by atoms with Gasteiger partial charge in [0.25, 0.3) is 0 Å². The first kappa shape index (κ1) is 12.2. The average Bonchev–Trinajstić information content (AvgIpc) is 2.30. The molecule has 1 aromatic rings. The number of hydrogen-bond donors (Lipinski definition) is 0. The summed E-state index contributed by atoms with van der Waals surface area (Å²) in [7, 11) is 1.70. The van der Waals surface area contributed by atoms with Crippen LogP contribution in [-0.4, -0.2) is 12.5 Å². The van der Waals surface area contributed by atoms with Gasteiger partial charge in [0.2, 0.25) is 0 Å². The molecule has 0 saturated heterocycles. The molecule has 0 aromatic heterocycles. The lowest BCUT2D eigenvalue weighted by molar-refractivity contribution is 0.413. The molecule has 0 N–H and O–H groups in total. The van der Waals surface area contributed by atoms with Crippen molar-refractivity contribution in [1.29, 1.82) is 0 Å². The van der Waals surface area contributed by atoms with E-state index in [0.717, 1.165) is 12.2 Å². The molecule has 15 heavy (non-hydrogen) atoms. The molecule has 0 saturated carbocycles. The van der Waals surface area contributed by atoms with Crippen LogP contribution in [0.25, 0.3) is 0 Å². The molecule has 82 valence electrons. The molecule has 0 aliphatic heterocycles. The second-order valence-corrected chi connectivity index (χ2v) is 4.06. The molecule has 1 rings (SSSR count). The second-order valence-electron chi connectivity index (χ2n) is 3.79. The SMILES string of the molecule is CCC(c1cccc(OC)c1)C(C)C=S. The van der Waals surface area contributed by atoms with Crippen molar-refractivity contribution in [3.05, 3.63) is 29.8 Å². The maximum atomic E-state index is 5.23. The van der Waals surface area contributed by atoms with Gasteiger partial charge in [-0.1, -0.05) is 38.2 Å². The van der Waals surface area contributed by atoms with Crippen molar-refractivity contribution in [2.75, 3.05) is 7.11 Å². The van der Waals surface area contributed by atoms with Gasteiger partial charge in [-0.3, -0.25) is 0 Å². The van der Waals surface area contributed by atoms with E-state index in [0.29, 0.717) is 11.8 Å². The van der Waals surface area contributed by atoms with Gasteiger partial charge in [0, 0.05) is 0 Å². The summed E-state index contributed by atoms with van der Waals surface area (Å²) in [5.74, 6) is 1.84. The predicted octanol–water partition coefficient (Wildman–Crippen LogP) is 3.82. The minimum absolute atomic E-state index is 0.428. The smallest absolute Gasteiger partial charge is 0.119 e. The molecule has 0 radical (unpaired) electrons. The summed E-state index contributed by atoms with van der Waals surface area (Å²) in [6.07, 6.45) is 1.10. The molecule has 0 aliphatic carbocycles. The molecule has 0 aliphatic rings. The van der Waals surface area contributed by atoms with Crippen molar-refractivity contribution in [2.24, 2.45) is 5.92 Å². The Morgan fingerprint density at radius 2 is 2.20 bits per heavy atom. The zero-order chi connectivity index (χ0) is 11.3. The summed E-state index contributed by atoms with van der Waals surface area (Å²) in [5, 5.41) is 1.85. The van der Waals surface area contributed by atoms with Gasteiger partial charge in [0.15, 0.2) is 0 Å². The Bertz CT molecular complexity index is 322. The molecule has 0 amide bonds. The number of thiocarbonyl (C=S) groups is 1. The van der Waals surface area contributed by atoms with Gasteiger partial charge in [-0.05, 0) is 41.3 Å². The van der Waals surface area contributed by atoms with Crippen molar-refractivity contribution in [1.82, 2.24) is 0 Å². The molecule has 2 heteroatoms. The van der Waals surface area contributed by atoms with Gasteiger partial charge in [-0.15, -0.1) is 0 Å². The van der Waals surface area contributed by atoms with E-state index in [-0.39, 0.29) is 0 Å². The van der Waals surface area contributed by atoms with Gasteiger partial charge in [-0.25, -0.2) is 0 Å². The lowest BCUT2D eigenvalue weighted by Crippen LogP contribution is -2.09. The van der Waals surface area contributed by atoms with E-state index in [1.165, 1.54) is 5.56 Å². The average molecular weight is 222 g/mol. The Morgan fingerprint density at radius 1 is 1.47 bits per heavy atom. The Morgan fingerprint density at radius 3 is 2.73 bits per heavy atom. The van der Waals surface area contributed by atoms with Crippen LogP contribution in [0.1, 0.15) is 31.7 Å². The van der Waals surface area contributed by atoms with Crippen molar-refractivity contribution in [3.63, 3.8) is 0 Å². The van der Waals surface area contributed by atoms with Crippen LogP contribution in [0.3, 0.4) is 0 Å². The van der Waals surface area contributed by atoms with E-state index in [2.05, 4.69) is 26.0 Å². The standard InChI is InChI=1S/C13H18OS/c1-4-13(10(2)9-15)11-6-5-7-12(8-11)14-3/h5-10,13H,4H2,1-3H3. The largest absolute Gasteiger partial charge is 0.497 e. The van der Waals surface area contributed by atoms with Gasteiger partial charge < -0.3 is 4.74 Å². The summed E-state index contributed by atoms with van der Waals surface area (Å²) in [5.41, 5.74) is 1.31. The van der Waals surface area contributed by atoms with Crippen LogP contribution in [0.2, 0.25) is 0 Å². The minimum atomic E-state index is 0.428. The maximum absolute atomic E-state index is 5.23. The maximum Gasteiger partial charge on any atom is 0.119 e. The highest BCUT2D eigenvalue weighted by atomic mass is 32.1. The monoisotopic (exact) mass is 222 g/mol. The molecule has 0 heterocycles. The fourth-order valence-electron chi connectivity index (χ4n) is 1.88. The molecule has 0 bridgehead atoms. The van der Waals surface area contributed by atoms with E-state index >= 15 is 0 Å². The van der Waals surface area contributed by atoms with Crippen LogP contribution < -0.4 is 4.74 Å². The molecule has 2 unspecified atom stereocenters. The van der Waals surface area contributed by atoms with Crippen molar-refractivity contribution in [3.8, 4) is 5.75 Å². The number of ether oxygens (including phenoxy) is 1. The molecule has 0 spiro atoms. The van der Waals surface area contributed by atoms with Gasteiger partial charge in [0.1, 0.15) is 5.75 Å². The van der Waals surface area contributed by atoms with Gasteiger partial charge in [0.05, 0.1) is 7.11 Å². The lowest BCUT2D eigenvalue weighted by atomic mass is 9.86. The lowest BCUT2D eigenvalue weighted by Gasteiger charge is -2.20. The van der Waals surface area contributed by atoms with Crippen molar-refractivity contribution in [2.45, 2.75) is 26.2 Å². The third kappa shape index (κ3) is 3.03. The predicted molar refractivity (Wildman–Crippen MR) is 68.8 cm³/mol. The number of hydrogen-bond acceptors (Lipinski definition) is 2. The van der Waals surface area contributed by atoms with E-state index in [1.54, 1.807) is 7.11 Å². The summed E-state index contributed by atoms with van der Waals surface area (Å²) < 4.78 is 5.23. The van der Waals surface area contributed by atoms with Crippen molar-refractivity contribution >= 4 is 17.6 Å². The van der Waals surface area contributed by atoms with Gasteiger partial charge >= 0.3 is 0 Å². The van der Waals surface area contributed by atoms with Crippen LogP contribution in [0.5, 0.6) is 5.75 Å². The third-order valence-corrected chi connectivity index (χ3v) is 3.24. The molecule has 0 fully saturated rings. The summed E-state index contributed by atoms with van der Waals surface area (Å²) in [4.78, 5) is 0. The first-order valence-electron chi connectivity index (χ1n) is 5.32. The van der Waals surface area contributed by atoms with E-state index in [4.69, 9.17) is 17.0 Å². The highest BCUT2D eigenvalue weighted by molar-refractivity contribution is 7.79. The second kappa shape index (κ2) is 5.86. The normalized spacial score (nSPS) is 14.3. The van der Waals surface area contributed by atoms with Crippen LogP contribution in [0.15, 0.2) is 24.3 Å². The molecule has 1 aromatic carbocycles. The van der Waals surface area contributed by atoms with Gasteiger partial charge in [-0.2, -0.15) is 0 Å². The zero-order valence-corrected chi connectivity index (χ0v) is 10.4. The quantitative estimate of drug-likeness (QED) is 0.700. The third-order valence-electron chi connectivity index (χ3n) is 2.81.